The van der Waals surface area contributed by atoms with E-state index in [9.17, 15) is 4.79 Å². The summed E-state index contributed by atoms with van der Waals surface area (Å²) in [5.41, 5.74) is 5.26. The van der Waals surface area contributed by atoms with Crippen LogP contribution >= 0.6 is 0 Å². The first kappa shape index (κ1) is 16.0. The van der Waals surface area contributed by atoms with Crippen LogP contribution in [0.1, 0.15) is 40.7 Å². The van der Waals surface area contributed by atoms with Crippen molar-refractivity contribution in [2.45, 2.75) is 31.7 Å². The van der Waals surface area contributed by atoms with Gasteiger partial charge in [0, 0.05) is 43.7 Å². The summed E-state index contributed by atoms with van der Waals surface area (Å²) < 4.78 is 1.78. The molecule has 0 saturated heterocycles. The predicted octanol–water partition coefficient (Wildman–Crippen LogP) is 2.21. The van der Waals surface area contributed by atoms with Crippen molar-refractivity contribution in [1.29, 1.82) is 0 Å². The minimum atomic E-state index is -0.232. The number of aromatic nitrogens is 5. The van der Waals surface area contributed by atoms with Crippen LogP contribution in [0.25, 0.3) is 0 Å². The van der Waals surface area contributed by atoms with Gasteiger partial charge in [0.15, 0.2) is 0 Å². The van der Waals surface area contributed by atoms with Gasteiger partial charge >= 0.3 is 6.03 Å². The number of rotatable bonds is 2. The fraction of sp³-hybridized carbons (Fsp3) is 0.368. The summed E-state index contributed by atoms with van der Waals surface area (Å²) >= 11 is 0. The Labute approximate surface area is 156 Å². The largest absolute Gasteiger partial charge is 0.348 e. The smallest absolute Gasteiger partial charge is 0.323 e. The molecule has 138 valence electrons. The number of urea groups is 1. The van der Waals surface area contributed by atoms with E-state index in [4.69, 9.17) is 0 Å². The highest BCUT2D eigenvalue weighted by atomic mass is 16.2. The third kappa shape index (κ3) is 2.59. The zero-order valence-electron chi connectivity index (χ0n) is 15.1. The standard InChI is InChI=1S/C19H21N7O/c1-25-18(13-3-2-4-14(13)24-25)23-19(27)26-10-7-15-16(22-11-21-15)17(26)12-5-8-20-9-6-12/h5-6,8-9,11,17H,2-4,7,10H2,1H3,(H,21,22)(H,23,27)/t17-/m1/s1. The number of fused-ring (bicyclic) bond motifs is 2. The number of imidazole rings is 1. The van der Waals surface area contributed by atoms with Crippen LogP contribution < -0.4 is 5.32 Å². The van der Waals surface area contributed by atoms with Crippen LogP contribution in [0, 0.1) is 0 Å². The van der Waals surface area contributed by atoms with Crippen molar-refractivity contribution in [3.63, 3.8) is 0 Å². The third-order valence-corrected chi connectivity index (χ3v) is 5.50. The van der Waals surface area contributed by atoms with Crippen molar-refractivity contribution in [1.82, 2.24) is 29.6 Å². The zero-order valence-corrected chi connectivity index (χ0v) is 15.1. The maximum atomic E-state index is 13.3. The van der Waals surface area contributed by atoms with Crippen molar-refractivity contribution < 1.29 is 4.79 Å². The molecule has 0 unspecified atom stereocenters. The molecule has 2 N–H and O–H groups in total. The highest BCUT2D eigenvalue weighted by molar-refractivity contribution is 5.90. The molecule has 1 aliphatic heterocycles. The van der Waals surface area contributed by atoms with Gasteiger partial charge in [0.25, 0.3) is 0 Å². The molecule has 27 heavy (non-hydrogen) atoms. The van der Waals surface area contributed by atoms with Crippen LogP contribution in [0.15, 0.2) is 30.9 Å². The SMILES string of the molecule is Cn1nc2c(c1NC(=O)N1CCc3[nH]cnc3[C@H]1c1ccncc1)CCC2. The van der Waals surface area contributed by atoms with Gasteiger partial charge in [-0.05, 0) is 37.0 Å². The second-order valence-electron chi connectivity index (χ2n) is 7.07. The Bertz CT molecular complexity index is 991. The quantitative estimate of drug-likeness (QED) is 0.730. The first-order valence-corrected chi connectivity index (χ1v) is 9.27. The van der Waals surface area contributed by atoms with Gasteiger partial charge in [0.2, 0.25) is 0 Å². The average Bonchev–Trinajstić information content (AvgIpc) is 3.39. The summed E-state index contributed by atoms with van der Waals surface area (Å²) in [4.78, 5) is 26.9. The number of hydrogen-bond donors (Lipinski definition) is 2. The van der Waals surface area contributed by atoms with Gasteiger partial charge in [0.05, 0.1) is 17.7 Å². The Morgan fingerprint density at radius 3 is 2.96 bits per heavy atom. The van der Waals surface area contributed by atoms with E-state index in [0.29, 0.717) is 6.54 Å². The number of aryl methyl sites for hydroxylation is 2. The van der Waals surface area contributed by atoms with Crippen molar-refractivity contribution in [2.75, 3.05) is 11.9 Å². The van der Waals surface area contributed by atoms with Gasteiger partial charge in [-0.2, -0.15) is 5.10 Å². The number of aromatic amines is 1. The summed E-state index contributed by atoms with van der Waals surface area (Å²) in [5, 5.41) is 7.67. The van der Waals surface area contributed by atoms with Crippen LogP contribution in [-0.2, 0) is 26.3 Å². The van der Waals surface area contributed by atoms with Gasteiger partial charge in [-0.25, -0.2) is 9.78 Å². The van der Waals surface area contributed by atoms with Crippen LogP contribution in [-0.4, -0.2) is 42.2 Å². The van der Waals surface area contributed by atoms with Crippen LogP contribution in [0.5, 0.6) is 0 Å². The number of amides is 2. The van der Waals surface area contributed by atoms with E-state index >= 15 is 0 Å². The lowest BCUT2D eigenvalue weighted by atomic mass is 9.97. The van der Waals surface area contributed by atoms with E-state index in [1.807, 2.05) is 24.1 Å². The molecule has 0 bridgehead atoms. The lowest BCUT2D eigenvalue weighted by Crippen LogP contribution is -2.43. The van der Waals surface area contributed by atoms with Gasteiger partial charge < -0.3 is 9.88 Å². The lowest BCUT2D eigenvalue weighted by Gasteiger charge is -2.35. The second kappa shape index (κ2) is 6.22. The number of nitrogens with zero attached hydrogens (tertiary/aromatic N) is 5. The fourth-order valence-electron chi connectivity index (χ4n) is 4.23. The van der Waals surface area contributed by atoms with Gasteiger partial charge in [-0.15, -0.1) is 0 Å². The molecular weight excluding hydrogens is 342 g/mol. The molecule has 2 amide bonds. The van der Waals surface area contributed by atoms with Crippen molar-refractivity contribution in [3.05, 3.63) is 59.1 Å². The maximum Gasteiger partial charge on any atom is 0.323 e. The number of carbonyl (C=O) groups is 1. The van der Waals surface area contributed by atoms with E-state index < -0.39 is 0 Å². The monoisotopic (exact) mass is 363 g/mol. The topological polar surface area (TPSA) is 91.7 Å². The number of pyridine rings is 1. The van der Waals surface area contributed by atoms with Crippen molar-refractivity contribution in [3.8, 4) is 0 Å². The number of hydrogen-bond acceptors (Lipinski definition) is 4. The van der Waals surface area contributed by atoms with E-state index in [2.05, 4.69) is 25.4 Å². The molecule has 8 nitrogen and oxygen atoms in total. The minimum absolute atomic E-state index is 0.122. The molecule has 8 heteroatoms. The van der Waals surface area contributed by atoms with Crippen LogP contribution in [0.4, 0.5) is 10.6 Å². The van der Waals surface area contributed by atoms with E-state index in [-0.39, 0.29) is 12.1 Å². The number of H-pyrrole nitrogens is 1. The highest BCUT2D eigenvalue weighted by Gasteiger charge is 2.35. The summed E-state index contributed by atoms with van der Waals surface area (Å²) in [5.74, 6) is 0.814. The Morgan fingerprint density at radius 2 is 2.11 bits per heavy atom. The molecule has 4 heterocycles. The zero-order chi connectivity index (χ0) is 18.4. The molecular formula is C19H21N7O. The average molecular weight is 363 g/mol. The molecule has 0 fully saturated rings. The molecule has 1 aliphatic carbocycles. The molecule has 0 radical (unpaired) electrons. The summed E-state index contributed by atoms with van der Waals surface area (Å²) in [6, 6.07) is 3.53. The van der Waals surface area contributed by atoms with Crippen molar-refractivity contribution >= 4 is 11.8 Å². The third-order valence-electron chi connectivity index (χ3n) is 5.50. The molecule has 0 aromatic carbocycles. The summed E-state index contributed by atoms with van der Waals surface area (Å²) in [6.07, 6.45) is 9.01. The summed E-state index contributed by atoms with van der Waals surface area (Å²) in [7, 11) is 1.89. The number of nitrogens with one attached hydrogen (secondary N) is 2. The Balaban J connectivity index is 1.49. The van der Waals surface area contributed by atoms with Crippen LogP contribution in [0.3, 0.4) is 0 Å². The Hall–Kier alpha value is -3.16. The number of anilines is 1. The predicted molar refractivity (Wildman–Crippen MR) is 99.3 cm³/mol. The molecule has 5 rings (SSSR count). The first-order chi connectivity index (χ1) is 13.2. The first-order valence-electron chi connectivity index (χ1n) is 9.27. The number of carbonyl (C=O) groups excluding carboxylic acids is 1. The highest BCUT2D eigenvalue weighted by Crippen LogP contribution is 2.34. The molecule has 0 spiro atoms. The van der Waals surface area contributed by atoms with E-state index in [1.165, 1.54) is 5.56 Å². The molecule has 3 aromatic rings. The summed E-state index contributed by atoms with van der Waals surface area (Å²) in [6.45, 7) is 0.619. The van der Waals surface area contributed by atoms with E-state index in [1.54, 1.807) is 23.4 Å². The molecule has 3 aromatic heterocycles. The molecule has 2 aliphatic rings. The second-order valence-corrected chi connectivity index (χ2v) is 7.07. The van der Waals surface area contributed by atoms with E-state index in [0.717, 1.165) is 54.1 Å². The van der Waals surface area contributed by atoms with Gasteiger partial charge in [-0.1, -0.05) is 0 Å². The minimum Gasteiger partial charge on any atom is -0.348 e. The normalized spacial score (nSPS) is 18.3. The van der Waals surface area contributed by atoms with Crippen LogP contribution in [0.2, 0.25) is 0 Å². The Morgan fingerprint density at radius 1 is 1.26 bits per heavy atom. The maximum absolute atomic E-state index is 13.3. The fourth-order valence-corrected chi connectivity index (χ4v) is 4.23. The molecule has 1 atom stereocenters. The molecule has 0 saturated carbocycles. The lowest BCUT2D eigenvalue weighted by molar-refractivity contribution is 0.192. The van der Waals surface area contributed by atoms with Gasteiger partial charge in [0.1, 0.15) is 11.9 Å². The van der Waals surface area contributed by atoms with Crippen molar-refractivity contribution in [2.24, 2.45) is 7.05 Å². The van der Waals surface area contributed by atoms with Gasteiger partial charge in [-0.3, -0.25) is 15.0 Å². The Kier molecular flexibility index (Phi) is 3.70.